The molecule has 0 aliphatic heterocycles. The van der Waals surface area contributed by atoms with Gasteiger partial charge in [0.05, 0.1) is 12.8 Å². The summed E-state index contributed by atoms with van der Waals surface area (Å²) in [6, 6.07) is 4.82. The van der Waals surface area contributed by atoms with E-state index >= 15 is 0 Å². The molecule has 0 aliphatic carbocycles. The molecule has 0 aliphatic rings. The number of hydrogen-bond acceptors (Lipinski definition) is 2. The Balaban J connectivity index is 3.22. The normalized spacial score (nSPS) is 11.1. The first kappa shape index (κ1) is 13.9. The smallest absolute Gasteiger partial charge is 0.142 e. The molecular weight excluding hydrogens is 210 g/mol. The van der Waals surface area contributed by atoms with Crippen LogP contribution in [0.15, 0.2) is 12.1 Å². The lowest BCUT2D eigenvalue weighted by Crippen LogP contribution is -2.11. The molecule has 96 valence electrons. The molecule has 0 radical (unpaired) electrons. The highest BCUT2D eigenvalue weighted by Gasteiger charge is 2.12. The summed E-state index contributed by atoms with van der Waals surface area (Å²) in [4.78, 5) is 0. The Morgan fingerprint density at radius 2 is 1.82 bits per heavy atom. The van der Waals surface area contributed by atoms with Crippen molar-refractivity contribution in [3.05, 3.63) is 23.3 Å². The van der Waals surface area contributed by atoms with Gasteiger partial charge < -0.3 is 10.1 Å². The largest absolute Gasteiger partial charge is 0.495 e. The Morgan fingerprint density at radius 3 is 2.24 bits per heavy atom. The second-order valence-corrected chi connectivity index (χ2v) is 5.06. The molecule has 0 saturated heterocycles. The van der Waals surface area contributed by atoms with Gasteiger partial charge in [-0.2, -0.15) is 0 Å². The van der Waals surface area contributed by atoms with Crippen LogP contribution in [0.2, 0.25) is 0 Å². The molecule has 0 unspecified atom stereocenters. The van der Waals surface area contributed by atoms with Crippen molar-refractivity contribution in [1.29, 1.82) is 0 Å². The molecule has 0 amide bonds. The van der Waals surface area contributed by atoms with Gasteiger partial charge in [0.2, 0.25) is 0 Å². The van der Waals surface area contributed by atoms with Crippen LogP contribution < -0.4 is 10.1 Å². The maximum Gasteiger partial charge on any atom is 0.142 e. The van der Waals surface area contributed by atoms with E-state index in [0.29, 0.717) is 12.0 Å². The summed E-state index contributed by atoms with van der Waals surface area (Å²) in [5.74, 6) is 1.48. The van der Waals surface area contributed by atoms with Gasteiger partial charge in [0, 0.05) is 6.04 Å². The third-order valence-corrected chi connectivity index (χ3v) is 2.91. The zero-order chi connectivity index (χ0) is 13.0. The van der Waals surface area contributed by atoms with Crippen molar-refractivity contribution >= 4 is 5.69 Å². The van der Waals surface area contributed by atoms with Crippen LogP contribution in [0.25, 0.3) is 0 Å². The minimum atomic E-state index is 0.415. The van der Waals surface area contributed by atoms with E-state index in [1.165, 1.54) is 11.1 Å². The van der Waals surface area contributed by atoms with Crippen LogP contribution in [0.3, 0.4) is 0 Å². The maximum atomic E-state index is 5.47. The minimum absolute atomic E-state index is 0.415. The standard InChI is InChI=1S/C15H25NO/c1-7-12-8-14(16-11(4)5)15(17-6)9-13(12)10(2)3/h8-11,16H,7H2,1-6H3. The zero-order valence-electron chi connectivity index (χ0n) is 11.9. The van der Waals surface area contributed by atoms with E-state index in [-0.39, 0.29) is 0 Å². The van der Waals surface area contributed by atoms with Crippen molar-refractivity contribution < 1.29 is 4.74 Å². The summed E-state index contributed by atoms with van der Waals surface area (Å²) in [6.07, 6.45) is 1.06. The lowest BCUT2D eigenvalue weighted by Gasteiger charge is -2.19. The number of anilines is 1. The average Bonchev–Trinajstić information content (AvgIpc) is 2.27. The summed E-state index contributed by atoms with van der Waals surface area (Å²) >= 11 is 0. The fourth-order valence-corrected chi connectivity index (χ4v) is 2.08. The van der Waals surface area contributed by atoms with Gasteiger partial charge in [0.25, 0.3) is 0 Å². The molecule has 0 heterocycles. The predicted octanol–water partition coefficient (Wildman–Crippen LogP) is 4.20. The first-order valence-electron chi connectivity index (χ1n) is 6.46. The van der Waals surface area contributed by atoms with Gasteiger partial charge in [0.15, 0.2) is 0 Å². The van der Waals surface area contributed by atoms with Crippen molar-refractivity contribution in [3.8, 4) is 5.75 Å². The average molecular weight is 235 g/mol. The van der Waals surface area contributed by atoms with Crippen LogP contribution in [0, 0.1) is 0 Å². The molecule has 1 aromatic rings. The van der Waals surface area contributed by atoms with Gasteiger partial charge in [-0.3, -0.25) is 0 Å². The molecular formula is C15H25NO. The van der Waals surface area contributed by atoms with Gasteiger partial charge >= 0.3 is 0 Å². The summed E-state index contributed by atoms with van der Waals surface area (Å²) in [5.41, 5.74) is 3.89. The topological polar surface area (TPSA) is 21.3 Å². The summed E-state index contributed by atoms with van der Waals surface area (Å²) < 4.78 is 5.47. The predicted molar refractivity (Wildman–Crippen MR) is 75.2 cm³/mol. The Bertz CT molecular complexity index is 369. The quantitative estimate of drug-likeness (QED) is 0.825. The molecule has 0 bridgehead atoms. The Labute approximate surface area is 105 Å². The first-order valence-corrected chi connectivity index (χ1v) is 6.46. The van der Waals surface area contributed by atoms with Gasteiger partial charge in [-0.1, -0.05) is 20.8 Å². The molecule has 1 aromatic carbocycles. The van der Waals surface area contributed by atoms with Crippen molar-refractivity contribution in [2.24, 2.45) is 0 Å². The van der Waals surface area contributed by atoms with Crippen molar-refractivity contribution in [1.82, 2.24) is 0 Å². The van der Waals surface area contributed by atoms with Crippen LogP contribution in [0.5, 0.6) is 5.75 Å². The lowest BCUT2D eigenvalue weighted by atomic mass is 9.94. The van der Waals surface area contributed by atoms with Gasteiger partial charge in [-0.15, -0.1) is 0 Å². The Hall–Kier alpha value is -1.18. The van der Waals surface area contributed by atoms with Crippen molar-refractivity contribution in [2.75, 3.05) is 12.4 Å². The molecule has 1 N–H and O–H groups in total. The second kappa shape index (κ2) is 5.95. The second-order valence-electron chi connectivity index (χ2n) is 5.06. The fourth-order valence-electron chi connectivity index (χ4n) is 2.08. The van der Waals surface area contributed by atoms with Crippen LogP contribution >= 0.6 is 0 Å². The number of hydrogen-bond donors (Lipinski definition) is 1. The summed E-state index contributed by atoms with van der Waals surface area (Å²) in [6.45, 7) is 10.9. The molecule has 0 spiro atoms. The highest BCUT2D eigenvalue weighted by Crippen LogP contribution is 2.32. The maximum absolute atomic E-state index is 5.47. The van der Waals surface area contributed by atoms with E-state index in [1.54, 1.807) is 7.11 Å². The number of nitrogens with one attached hydrogen (secondary N) is 1. The molecule has 0 fully saturated rings. The van der Waals surface area contributed by atoms with E-state index < -0.39 is 0 Å². The van der Waals surface area contributed by atoms with E-state index in [9.17, 15) is 0 Å². The van der Waals surface area contributed by atoms with Crippen LogP contribution in [-0.4, -0.2) is 13.2 Å². The highest BCUT2D eigenvalue weighted by molar-refractivity contribution is 5.61. The molecule has 1 rings (SSSR count). The lowest BCUT2D eigenvalue weighted by molar-refractivity contribution is 0.415. The number of benzene rings is 1. The number of aryl methyl sites for hydroxylation is 1. The van der Waals surface area contributed by atoms with Gasteiger partial charge in [-0.25, -0.2) is 0 Å². The van der Waals surface area contributed by atoms with E-state index in [4.69, 9.17) is 4.74 Å². The Kier molecular flexibility index (Phi) is 4.86. The number of rotatable bonds is 5. The Morgan fingerprint density at radius 1 is 1.18 bits per heavy atom. The van der Waals surface area contributed by atoms with E-state index in [1.807, 2.05) is 0 Å². The molecule has 2 nitrogen and oxygen atoms in total. The molecule has 2 heteroatoms. The first-order chi connectivity index (χ1) is 7.99. The van der Waals surface area contributed by atoms with Crippen molar-refractivity contribution in [2.45, 2.75) is 53.0 Å². The van der Waals surface area contributed by atoms with E-state index in [2.05, 4.69) is 52.1 Å². The minimum Gasteiger partial charge on any atom is -0.495 e. The van der Waals surface area contributed by atoms with Gasteiger partial charge in [-0.05, 0) is 49.4 Å². The number of ether oxygens (including phenoxy) is 1. The molecule has 0 saturated carbocycles. The zero-order valence-corrected chi connectivity index (χ0v) is 11.9. The molecule has 17 heavy (non-hydrogen) atoms. The summed E-state index contributed by atoms with van der Waals surface area (Å²) in [5, 5.41) is 3.44. The van der Waals surface area contributed by atoms with Gasteiger partial charge in [0.1, 0.15) is 5.75 Å². The third-order valence-electron chi connectivity index (χ3n) is 2.91. The highest BCUT2D eigenvalue weighted by atomic mass is 16.5. The summed E-state index contributed by atoms with van der Waals surface area (Å²) in [7, 11) is 1.73. The number of methoxy groups -OCH3 is 1. The molecule has 0 aromatic heterocycles. The van der Waals surface area contributed by atoms with Crippen molar-refractivity contribution in [3.63, 3.8) is 0 Å². The van der Waals surface area contributed by atoms with Crippen LogP contribution in [0.1, 0.15) is 51.7 Å². The molecule has 0 atom stereocenters. The van der Waals surface area contributed by atoms with Crippen LogP contribution in [-0.2, 0) is 6.42 Å². The van der Waals surface area contributed by atoms with Crippen LogP contribution in [0.4, 0.5) is 5.69 Å². The van der Waals surface area contributed by atoms with E-state index in [0.717, 1.165) is 17.9 Å². The monoisotopic (exact) mass is 235 g/mol. The third kappa shape index (κ3) is 3.39. The SMILES string of the molecule is CCc1cc(NC(C)C)c(OC)cc1C(C)C. The fraction of sp³-hybridized carbons (Fsp3) is 0.600.